The summed E-state index contributed by atoms with van der Waals surface area (Å²) in [6.45, 7) is 4.24. The number of hydrogen-bond acceptors (Lipinski definition) is 6. The predicted octanol–water partition coefficient (Wildman–Crippen LogP) is 2.99. The first-order valence-electron chi connectivity index (χ1n) is 10.6. The first-order chi connectivity index (χ1) is 14.1. The van der Waals surface area contributed by atoms with E-state index in [4.69, 9.17) is 9.47 Å². The van der Waals surface area contributed by atoms with Crippen LogP contribution in [-0.4, -0.2) is 49.7 Å². The second-order valence-corrected chi connectivity index (χ2v) is 8.80. The standard InChI is InChI=1S/C23H28N2O4/c1-3-29-18(26)14-22-9-6-11-25-12-10-23(21(22)25)16-7-4-5-8-17(16)24-19(23)15(13-22)20(27)28-2/h4-5,7-8,21,24H,3,6,9-14H2,1-2H3. The van der Waals surface area contributed by atoms with Gasteiger partial charge in [-0.3, -0.25) is 9.69 Å². The fourth-order valence-corrected chi connectivity index (χ4v) is 6.74. The van der Waals surface area contributed by atoms with Crippen molar-refractivity contribution in [2.75, 3.05) is 32.1 Å². The topological polar surface area (TPSA) is 67.9 Å². The Kier molecular flexibility index (Phi) is 4.24. The predicted molar refractivity (Wildman–Crippen MR) is 108 cm³/mol. The number of carbonyl (C=O) groups is 2. The molecule has 0 saturated carbocycles. The quantitative estimate of drug-likeness (QED) is 0.790. The molecule has 3 atom stereocenters. The number of hydrogen-bond donors (Lipinski definition) is 1. The van der Waals surface area contributed by atoms with E-state index in [0.717, 1.165) is 43.7 Å². The molecule has 0 amide bonds. The molecule has 3 heterocycles. The molecule has 1 aliphatic carbocycles. The highest BCUT2D eigenvalue weighted by Gasteiger charge is 2.67. The fourth-order valence-electron chi connectivity index (χ4n) is 6.74. The molecule has 2 saturated heterocycles. The van der Waals surface area contributed by atoms with Gasteiger partial charge in [0, 0.05) is 22.8 Å². The van der Waals surface area contributed by atoms with Crippen LogP contribution in [0.15, 0.2) is 35.5 Å². The number of benzene rings is 1. The smallest absolute Gasteiger partial charge is 0.335 e. The number of carbonyl (C=O) groups excluding carboxylic acids is 2. The average Bonchev–Trinajstić information content (AvgIpc) is 3.28. The van der Waals surface area contributed by atoms with Crippen molar-refractivity contribution in [2.24, 2.45) is 5.41 Å². The number of ether oxygens (including phenoxy) is 2. The van der Waals surface area contributed by atoms with Crippen LogP contribution < -0.4 is 5.32 Å². The summed E-state index contributed by atoms with van der Waals surface area (Å²) in [6, 6.07) is 8.56. The maximum Gasteiger partial charge on any atom is 0.335 e. The van der Waals surface area contributed by atoms with E-state index in [1.165, 1.54) is 12.7 Å². The highest BCUT2D eigenvalue weighted by Crippen LogP contribution is 2.65. The van der Waals surface area contributed by atoms with Crippen LogP contribution in [-0.2, 0) is 24.5 Å². The Hall–Kier alpha value is -2.34. The third kappa shape index (κ3) is 2.44. The number of anilines is 1. The molecule has 2 fully saturated rings. The molecule has 4 aliphatic rings. The molecule has 1 N–H and O–H groups in total. The second kappa shape index (κ2) is 6.59. The van der Waals surface area contributed by atoms with Crippen LogP contribution in [0.25, 0.3) is 0 Å². The first-order valence-corrected chi connectivity index (χ1v) is 10.6. The van der Waals surface area contributed by atoms with Crippen molar-refractivity contribution in [1.82, 2.24) is 4.90 Å². The van der Waals surface area contributed by atoms with Crippen LogP contribution in [0.1, 0.15) is 44.6 Å². The summed E-state index contributed by atoms with van der Waals surface area (Å²) in [5, 5.41) is 3.58. The van der Waals surface area contributed by atoms with Crippen molar-refractivity contribution in [2.45, 2.75) is 50.5 Å². The Labute approximate surface area is 171 Å². The summed E-state index contributed by atoms with van der Waals surface area (Å²) in [6.07, 6.45) is 3.80. The number of nitrogens with one attached hydrogen (secondary N) is 1. The number of fused-ring (bicyclic) bond motifs is 1. The van der Waals surface area contributed by atoms with E-state index in [9.17, 15) is 9.59 Å². The molecule has 3 aliphatic heterocycles. The number of methoxy groups -OCH3 is 1. The van der Waals surface area contributed by atoms with Gasteiger partial charge in [-0.1, -0.05) is 18.2 Å². The van der Waals surface area contributed by atoms with Crippen LogP contribution in [0.2, 0.25) is 0 Å². The van der Waals surface area contributed by atoms with Gasteiger partial charge in [0.15, 0.2) is 0 Å². The van der Waals surface area contributed by atoms with Gasteiger partial charge in [-0.25, -0.2) is 4.79 Å². The van der Waals surface area contributed by atoms with Crippen molar-refractivity contribution < 1.29 is 19.1 Å². The summed E-state index contributed by atoms with van der Waals surface area (Å²) >= 11 is 0. The van der Waals surface area contributed by atoms with Gasteiger partial charge in [-0.05, 0) is 57.3 Å². The number of nitrogens with zero attached hydrogens (tertiary/aromatic N) is 1. The Balaban J connectivity index is 1.73. The molecule has 5 rings (SSSR count). The lowest BCUT2D eigenvalue weighted by Crippen LogP contribution is -2.60. The van der Waals surface area contributed by atoms with Gasteiger partial charge >= 0.3 is 11.9 Å². The third-order valence-corrected chi connectivity index (χ3v) is 7.50. The monoisotopic (exact) mass is 396 g/mol. The zero-order valence-electron chi connectivity index (χ0n) is 17.1. The lowest BCUT2D eigenvalue weighted by atomic mass is 9.53. The van der Waals surface area contributed by atoms with Gasteiger partial charge in [0.1, 0.15) is 0 Å². The number of para-hydroxylation sites is 1. The summed E-state index contributed by atoms with van der Waals surface area (Å²) in [5.74, 6) is -0.450. The summed E-state index contributed by atoms with van der Waals surface area (Å²) in [7, 11) is 1.44. The molecule has 0 aromatic heterocycles. The fraction of sp³-hybridized carbons (Fsp3) is 0.565. The first kappa shape index (κ1) is 18.7. The average molecular weight is 396 g/mol. The van der Waals surface area contributed by atoms with Gasteiger partial charge in [0.25, 0.3) is 0 Å². The Morgan fingerprint density at radius 3 is 2.86 bits per heavy atom. The SMILES string of the molecule is CCOC(=O)CC12CCCN3CCC4(C(=C(C(=O)OC)C1)Nc1ccccc14)C32. The van der Waals surface area contributed by atoms with Crippen LogP contribution in [0, 0.1) is 5.41 Å². The number of piperidine rings is 1. The van der Waals surface area contributed by atoms with Crippen LogP contribution in [0.3, 0.4) is 0 Å². The van der Waals surface area contributed by atoms with Gasteiger partial charge in [-0.2, -0.15) is 0 Å². The van der Waals surface area contributed by atoms with E-state index in [2.05, 4.69) is 28.4 Å². The molecule has 1 spiro atoms. The second-order valence-electron chi connectivity index (χ2n) is 8.80. The van der Waals surface area contributed by atoms with E-state index in [-0.39, 0.29) is 28.8 Å². The van der Waals surface area contributed by atoms with Gasteiger partial charge in [0.2, 0.25) is 0 Å². The zero-order valence-corrected chi connectivity index (χ0v) is 17.1. The minimum Gasteiger partial charge on any atom is -0.466 e. The number of esters is 2. The summed E-state index contributed by atoms with van der Waals surface area (Å²) < 4.78 is 10.6. The molecule has 3 unspecified atom stereocenters. The van der Waals surface area contributed by atoms with Crippen molar-refractivity contribution in [3.05, 3.63) is 41.1 Å². The maximum absolute atomic E-state index is 12.9. The minimum atomic E-state index is -0.312. The largest absolute Gasteiger partial charge is 0.466 e. The molecule has 6 nitrogen and oxygen atoms in total. The van der Waals surface area contributed by atoms with Crippen LogP contribution >= 0.6 is 0 Å². The van der Waals surface area contributed by atoms with Crippen LogP contribution in [0.5, 0.6) is 0 Å². The lowest BCUT2D eigenvalue weighted by Gasteiger charge is -2.55. The maximum atomic E-state index is 12.9. The summed E-state index contributed by atoms with van der Waals surface area (Å²) in [5.41, 5.74) is 3.42. The molecular weight excluding hydrogens is 368 g/mol. The van der Waals surface area contributed by atoms with Crippen LogP contribution in [0.4, 0.5) is 5.69 Å². The molecule has 6 heteroatoms. The van der Waals surface area contributed by atoms with E-state index in [1.807, 2.05) is 13.0 Å². The Bertz CT molecular complexity index is 910. The van der Waals surface area contributed by atoms with E-state index in [1.54, 1.807) is 0 Å². The molecule has 154 valence electrons. The highest BCUT2D eigenvalue weighted by molar-refractivity contribution is 5.93. The van der Waals surface area contributed by atoms with E-state index >= 15 is 0 Å². The molecular formula is C23H28N2O4. The third-order valence-electron chi connectivity index (χ3n) is 7.50. The normalized spacial score (nSPS) is 32.1. The van der Waals surface area contributed by atoms with E-state index in [0.29, 0.717) is 25.0 Å². The van der Waals surface area contributed by atoms with Crippen molar-refractivity contribution in [3.8, 4) is 0 Å². The van der Waals surface area contributed by atoms with Gasteiger partial charge in [-0.15, -0.1) is 0 Å². The Morgan fingerprint density at radius 2 is 2.07 bits per heavy atom. The van der Waals surface area contributed by atoms with Crippen molar-refractivity contribution in [3.63, 3.8) is 0 Å². The molecule has 1 aromatic rings. The summed E-state index contributed by atoms with van der Waals surface area (Å²) in [4.78, 5) is 28.2. The minimum absolute atomic E-state index is 0.164. The molecule has 1 aromatic carbocycles. The number of rotatable bonds is 4. The highest BCUT2D eigenvalue weighted by atomic mass is 16.5. The zero-order chi connectivity index (χ0) is 20.2. The van der Waals surface area contributed by atoms with Crippen molar-refractivity contribution in [1.29, 1.82) is 0 Å². The van der Waals surface area contributed by atoms with Crippen molar-refractivity contribution >= 4 is 17.6 Å². The molecule has 0 radical (unpaired) electrons. The van der Waals surface area contributed by atoms with Gasteiger partial charge < -0.3 is 14.8 Å². The van der Waals surface area contributed by atoms with E-state index < -0.39 is 0 Å². The lowest BCUT2D eigenvalue weighted by molar-refractivity contribution is -0.150. The molecule has 0 bridgehead atoms. The molecule has 29 heavy (non-hydrogen) atoms. The van der Waals surface area contributed by atoms with Gasteiger partial charge in [0.05, 0.1) is 31.1 Å². The Morgan fingerprint density at radius 1 is 1.24 bits per heavy atom.